The van der Waals surface area contributed by atoms with E-state index < -0.39 is 18.5 Å². The Morgan fingerprint density at radius 1 is 1.80 bits per heavy atom. The van der Waals surface area contributed by atoms with Gasteiger partial charge in [-0.15, -0.1) is 0 Å². The lowest BCUT2D eigenvalue weighted by atomic mass is 10.3. The molecule has 3 nitrogen and oxygen atoms in total. The molecule has 2 atom stereocenters. The van der Waals surface area contributed by atoms with Crippen molar-refractivity contribution in [3.05, 3.63) is 0 Å². The summed E-state index contributed by atoms with van der Waals surface area (Å²) in [6.07, 6.45) is -1.34. The normalized spacial score (nSPS) is 17.3. The van der Waals surface area contributed by atoms with Gasteiger partial charge in [0.2, 0.25) is 0 Å². The summed E-state index contributed by atoms with van der Waals surface area (Å²) in [6, 6.07) is 0. The van der Waals surface area contributed by atoms with E-state index in [0.29, 0.717) is 6.61 Å². The zero-order valence-corrected chi connectivity index (χ0v) is 6.59. The van der Waals surface area contributed by atoms with Crippen LogP contribution < -0.4 is 0 Å². The maximum Gasteiger partial charge on any atom is 0.308 e. The Hall–Kier alpha value is -0.570. The molecule has 0 unspecified atom stereocenters. The topological polar surface area (TPSA) is 35.5 Å². The van der Waals surface area contributed by atoms with Crippen molar-refractivity contribution in [2.45, 2.75) is 26.3 Å². The first-order valence-electron chi connectivity index (χ1n) is 3.82. The summed E-state index contributed by atoms with van der Waals surface area (Å²) in [7, 11) is 1.46. The van der Waals surface area contributed by atoms with Crippen LogP contribution in [0, 0.1) is 0 Å². The molecule has 0 amide bonds. The molecule has 0 aromatic heterocycles. The molecule has 0 bridgehead atoms. The first-order valence-corrected chi connectivity index (χ1v) is 3.25. The Labute approximate surface area is 62.7 Å². The zero-order valence-electron chi connectivity index (χ0n) is 7.59. The van der Waals surface area contributed by atoms with E-state index in [1.54, 1.807) is 13.8 Å². The number of esters is 1. The summed E-state index contributed by atoms with van der Waals surface area (Å²) in [4.78, 5) is 10.9. The zero-order chi connectivity index (χ0) is 8.85. The third-order valence-corrected chi connectivity index (χ3v) is 1.03. The molecular formula is C7H14O3. The van der Waals surface area contributed by atoms with Crippen LogP contribution >= 0.6 is 0 Å². The van der Waals surface area contributed by atoms with Crippen LogP contribution in [0.4, 0.5) is 0 Å². The number of hydrogen-bond donors (Lipinski definition) is 0. The fourth-order valence-electron chi connectivity index (χ4n) is 0.450. The van der Waals surface area contributed by atoms with Crippen molar-refractivity contribution in [2.24, 2.45) is 0 Å². The minimum atomic E-state index is -0.931. The predicted octanol–water partition coefficient (Wildman–Crippen LogP) is 0.975. The summed E-state index contributed by atoms with van der Waals surface area (Å²) in [5.74, 6) is -0.526. The van der Waals surface area contributed by atoms with Crippen LogP contribution in [0.5, 0.6) is 0 Å². The van der Waals surface area contributed by atoms with Crippen LogP contribution in [0.2, 0.25) is 0 Å². The van der Waals surface area contributed by atoms with Crippen molar-refractivity contribution >= 4 is 5.97 Å². The van der Waals surface area contributed by atoms with E-state index >= 15 is 0 Å². The first kappa shape index (κ1) is 7.54. The van der Waals surface area contributed by atoms with Crippen LogP contribution in [0.15, 0.2) is 0 Å². The molecule has 0 rings (SSSR count). The van der Waals surface area contributed by atoms with Crippen molar-refractivity contribution < 1.29 is 15.6 Å². The monoisotopic (exact) mass is 147 g/mol. The molecule has 0 spiro atoms. The molecule has 0 radical (unpaired) electrons. The van der Waals surface area contributed by atoms with E-state index in [2.05, 4.69) is 4.74 Å². The second-order valence-corrected chi connectivity index (χ2v) is 1.86. The molecule has 0 aliphatic carbocycles. The van der Waals surface area contributed by atoms with E-state index in [1.165, 1.54) is 7.11 Å². The average molecular weight is 147 g/mol. The Kier molecular flexibility index (Phi) is 3.94. The molecule has 0 fully saturated rings. The molecule has 10 heavy (non-hydrogen) atoms. The van der Waals surface area contributed by atoms with Gasteiger partial charge in [0.15, 0.2) is 0 Å². The number of methoxy groups -OCH3 is 1. The lowest BCUT2D eigenvalue weighted by Gasteiger charge is -2.07. The van der Waals surface area contributed by atoms with E-state index in [9.17, 15) is 4.79 Å². The summed E-state index contributed by atoms with van der Waals surface area (Å²) >= 11 is 0. The number of carbonyl (C=O) groups is 1. The van der Waals surface area contributed by atoms with E-state index in [-0.39, 0.29) is 0 Å². The van der Waals surface area contributed by atoms with Crippen LogP contribution in [-0.2, 0) is 14.3 Å². The van der Waals surface area contributed by atoms with Crippen molar-refractivity contribution in [1.82, 2.24) is 0 Å². The van der Waals surface area contributed by atoms with E-state index in [4.69, 9.17) is 6.11 Å². The van der Waals surface area contributed by atoms with E-state index in [1.807, 2.05) is 0 Å². The van der Waals surface area contributed by atoms with Gasteiger partial charge in [0, 0.05) is 8.48 Å². The van der Waals surface area contributed by atoms with Gasteiger partial charge in [0.1, 0.15) is 0 Å². The number of ether oxygens (including phenoxy) is 2. The Balaban J connectivity index is 3.80. The molecule has 0 saturated heterocycles. The summed E-state index contributed by atoms with van der Waals surface area (Å²) < 4.78 is 16.7. The van der Waals surface area contributed by atoms with E-state index in [0.717, 1.165) is 0 Å². The maximum absolute atomic E-state index is 10.9. The fraction of sp³-hybridized carbons (Fsp3) is 0.857. The maximum atomic E-state index is 10.9. The van der Waals surface area contributed by atoms with Gasteiger partial charge in [-0.1, -0.05) is 0 Å². The van der Waals surface area contributed by atoms with Crippen LogP contribution in [-0.4, -0.2) is 25.8 Å². The van der Waals surface area contributed by atoms with Gasteiger partial charge in [-0.3, -0.25) is 4.79 Å². The molecule has 0 N–H and O–H groups in total. The van der Waals surface area contributed by atoms with Gasteiger partial charge < -0.3 is 9.47 Å². The summed E-state index contributed by atoms with van der Waals surface area (Å²) in [5.41, 5.74) is 0. The number of rotatable bonds is 4. The lowest BCUT2D eigenvalue weighted by molar-refractivity contribution is -0.145. The van der Waals surface area contributed by atoms with Gasteiger partial charge in [0.05, 0.1) is 19.1 Å². The minimum absolute atomic E-state index is 0.310. The third-order valence-electron chi connectivity index (χ3n) is 1.03. The molecule has 0 aliphatic rings. The standard InChI is InChI=1S/C7H14O3/c1-4-10-7(8)5-6(2)9-3/h6H,4-5H2,1-3H3/t6-/m1/s1/i5D/t5-,6+/m0. The largest absolute Gasteiger partial charge is 0.466 e. The highest BCUT2D eigenvalue weighted by atomic mass is 16.5. The third kappa shape index (κ3) is 4.32. The Morgan fingerprint density at radius 2 is 2.40 bits per heavy atom. The molecular weight excluding hydrogens is 132 g/mol. The first-order chi connectivity index (χ1) is 5.13. The fourth-order valence-corrected chi connectivity index (χ4v) is 0.450. The lowest BCUT2D eigenvalue weighted by Crippen LogP contribution is -2.14. The molecule has 0 aliphatic heterocycles. The smallest absolute Gasteiger partial charge is 0.308 e. The van der Waals surface area contributed by atoms with Crippen molar-refractivity contribution in [3.8, 4) is 0 Å². The minimum Gasteiger partial charge on any atom is -0.466 e. The van der Waals surface area contributed by atoms with Crippen LogP contribution in [0.1, 0.15) is 21.6 Å². The molecule has 0 saturated carbocycles. The Bertz CT molecular complexity index is 127. The van der Waals surface area contributed by atoms with Gasteiger partial charge in [0.25, 0.3) is 0 Å². The van der Waals surface area contributed by atoms with Crippen molar-refractivity contribution in [2.75, 3.05) is 13.7 Å². The molecule has 3 heteroatoms. The average Bonchev–Trinajstić information content (AvgIpc) is 2.02. The van der Waals surface area contributed by atoms with Gasteiger partial charge >= 0.3 is 5.97 Å². The second-order valence-electron chi connectivity index (χ2n) is 1.86. The number of carbonyl (C=O) groups excluding carboxylic acids is 1. The highest BCUT2D eigenvalue weighted by Gasteiger charge is 2.07. The van der Waals surface area contributed by atoms with Crippen molar-refractivity contribution in [3.63, 3.8) is 0 Å². The van der Waals surface area contributed by atoms with Crippen LogP contribution in [0.25, 0.3) is 0 Å². The molecule has 0 aromatic rings. The highest BCUT2D eigenvalue weighted by Crippen LogP contribution is 1.96. The van der Waals surface area contributed by atoms with Gasteiger partial charge in [-0.2, -0.15) is 0 Å². The SMILES string of the molecule is [2H][C@H](C(=O)OCC)[C@@H](C)OC. The quantitative estimate of drug-likeness (QED) is 0.556. The summed E-state index contributed by atoms with van der Waals surface area (Å²) in [6.45, 7) is 3.68. The summed E-state index contributed by atoms with van der Waals surface area (Å²) in [5, 5.41) is 0. The van der Waals surface area contributed by atoms with Crippen LogP contribution in [0.3, 0.4) is 0 Å². The van der Waals surface area contributed by atoms with Crippen molar-refractivity contribution in [1.29, 1.82) is 0 Å². The second kappa shape index (κ2) is 5.23. The molecule has 0 aromatic carbocycles. The number of hydrogen-bond acceptors (Lipinski definition) is 3. The molecule has 60 valence electrons. The highest BCUT2D eigenvalue weighted by molar-refractivity contribution is 5.69. The van der Waals surface area contributed by atoms with Gasteiger partial charge in [-0.25, -0.2) is 0 Å². The molecule has 0 heterocycles. The van der Waals surface area contributed by atoms with Gasteiger partial charge in [-0.05, 0) is 13.8 Å². The Morgan fingerprint density at radius 3 is 2.80 bits per heavy atom. The predicted molar refractivity (Wildman–Crippen MR) is 37.7 cm³/mol.